The highest BCUT2D eigenvalue weighted by Crippen LogP contribution is 2.31. The maximum atomic E-state index is 13.8. The number of hydrogen-bond donors (Lipinski definition) is 1. The summed E-state index contributed by atoms with van der Waals surface area (Å²) in [5, 5.41) is 0. The van der Waals surface area contributed by atoms with E-state index in [0.29, 0.717) is 11.8 Å². The van der Waals surface area contributed by atoms with E-state index >= 15 is 0 Å². The van der Waals surface area contributed by atoms with Crippen LogP contribution in [0.2, 0.25) is 0 Å². The van der Waals surface area contributed by atoms with Crippen LogP contribution in [0.4, 0.5) is 10.1 Å². The number of piperidine rings is 2. The van der Waals surface area contributed by atoms with Crippen LogP contribution in [0.15, 0.2) is 24.3 Å². The van der Waals surface area contributed by atoms with Crippen molar-refractivity contribution in [2.75, 3.05) is 38.1 Å². The number of likely N-dealkylation sites (tertiary alicyclic amines) is 1. The summed E-state index contributed by atoms with van der Waals surface area (Å²) in [6, 6.07) is 7.30. The van der Waals surface area contributed by atoms with E-state index in [1.54, 1.807) is 6.07 Å². The average molecular weight is 249 g/mol. The van der Waals surface area contributed by atoms with Crippen LogP contribution >= 0.6 is 0 Å². The zero-order valence-electron chi connectivity index (χ0n) is 10.7. The van der Waals surface area contributed by atoms with Crippen LogP contribution in [0.1, 0.15) is 0 Å². The monoisotopic (exact) mass is 249 g/mol. The molecule has 0 aromatic heterocycles. The van der Waals surface area contributed by atoms with Crippen molar-refractivity contribution < 1.29 is 4.39 Å². The Morgan fingerprint density at radius 2 is 1.72 bits per heavy atom. The molecule has 1 aromatic carbocycles. The Hall–Kier alpha value is -1.13. The quantitative estimate of drug-likeness (QED) is 0.810. The molecule has 1 aromatic rings. The summed E-state index contributed by atoms with van der Waals surface area (Å²) in [7, 11) is 2.14. The van der Waals surface area contributed by atoms with Gasteiger partial charge in [0.25, 0.3) is 0 Å². The number of anilines is 1. The fourth-order valence-electron chi connectivity index (χ4n) is 3.41. The van der Waals surface area contributed by atoms with Crippen molar-refractivity contribution in [2.45, 2.75) is 6.04 Å². The molecular formula is C14H20FN3. The van der Waals surface area contributed by atoms with Gasteiger partial charge in [0.2, 0.25) is 0 Å². The summed E-state index contributed by atoms with van der Waals surface area (Å²) >= 11 is 0. The molecule has 3 rings (SSSR count). The van der Waals surface area contributed by atoms with Gasteiger partial charge in [-0.25, -0.2) is 4.39 Å². The Bertz CT molecular complexity index is 421. The third-order valence-corrected chi connectivity index (χ3v) is 4.28. The van der Waals surface area contributed by atoms with Crippen LogP contribution < -0.4 is 10.6 Å². The molecule has 2 N–H and O–H groups in total. The van der Waals surface area contributed by atoms with Gasteiger partial charge in [0.1, 0.15) is 5.82 Å². The standard InChI is InChI=1S/C14H20FN3/c1-17-6-10-8-18(9-11(7-17)14(10)16)13-5-3-2-4-12(13)15/h2-5,10-11,14H,6-9,16H2,1H3. The van der Waals surface area contributed by atoms with Crippen molar-refractivity contribution in [3.05, 3.63) is 30.1 Å². The first kappa shape index (κ1) is 11.9. The highest BCUT2D eigenvalue weighted by molar-refractivity contribution is 5.48. The summed E-state index contributed by atoms with van der Waals surface area (Å²) in [4.78, 5) is 4.51. The first-order valence-corrected chi connectivity index (χ1v) is 6.59. The van der Waals surface area contributed by atoms with Crippen molar-refractivity contribution in [1.82, 2.24) is 4.90 Å². The summed E-state index contributed by atoms with van der Waals surface area (Å²) < 4.78 is 13.8. The van der Waals surface area contributed by atoms with Crippen LogP contribution in [0.5, 0.6) is 0 Å². The lowest BCUT2D eigenvalue weighted by Gasteiger charge is -2.49. The molecule has 2 atom stereocenters. The molecule has 0 radical (unpaired) electrons. The molecule has 2 heterocycles. The molecule has 2 fully saturated rings. The van der Waals surface area contributed by atoms with Crippen molar-refractivity contribution in [1.29, 1.82) is 0 Å². The first-order valence-electron chi connectivity index (χ1n) is 6.59. The normalized spacial score (nSPS) is 32.6. The molecule has 18 heavy (non-hydrogen) atoms. The fourth-order valence-corrected chi connectivity index (χ4v) is 3.41. The number of halogens is 1. The predicted molar refractivity (Wildman–Crippen MR) is 71.1 cm³/mol. The van der Waals surface area contributed by atoms with Gasteiger partial charge >= 0.3 is 0 Å². The number of hydrogen-bond acceptors (Lipinski definition) is 3. The molecule has 2 unspecified atom stereocenters. The first-order chi connectivity index (χ1) is 8.65. The number of nitrogens with two attached hydrogens (primary N) is 1. The molecule has 2 bridgehead atoms. The van der Waals surface area contributed by atoms with Gasteiger partial charge < -0.3 is 15.5 Å². The summed E-state index contributed by atoms with van der Waals surface area (Å²) in [5.74, 6) is 0.767. The smallest absolute Gasteiger partial charge is 0.146 e. The minimum absolute atomic E-state index is 0.126. The van der Waals surface area contributed by atoms with E-state index < -0.39 is 0 Å². The highest BCUT2D eigenvalue weighted by Gasteiger charge is 2.39. The third kappa shape index (κ3) is 1.99. The SMILES string of the molecule is CN1CC2CN(c3ccccc3F)CC(C1)C2N. The molecule has 0 amide bonds. The Morgan fingerprint density at radius 3 is 2.33 bits per heavy atom. The van der Waals surface area contributed by atoms with Crippen molar-refractivity contribution >= 4 is 5.69 Å². The van der Waals surface area contributed by atoms with Crippen LogP contribution in [-0.2, 0) is 0 Å². The van der Waals surface area contributed by atoms with E-state index in [-0.39, 0.29) is 11.9 Å². The highest BCUT2D eigenvalue weighted by atomic mass is 19.1. The zero-order chi connectivity index (χ0) is 12.7. The van der Waals surface area contributed by atoms with Gasteiger partial charge in [-0.05, 0) is 19.2 Å². The van der Waals surface area contributed by atoms with Gasteiger partial charge in [0, 0.05) is 44.1 Å². The molecular weight excluding hydrogens is 229 g/mol. The second-order valence-corrected chi connectivity index (χ2v) is 5.68. The molecule has 2 aliphatic rings. The van der Waals surface area contributed by atoms with Gasteiger partial charge in [-0.15, -0.1) is 0 Å². The average Bonchev–Trinajstić information content (AvgIpc) is 2.32. The van der Waals surface area contributed by atoms with Gasteiger partial charge in [-0.1, -0.05) is 12.1 Å². The zero-order valence-corrected chi connectivity index (χ0v) is 10.7. The summed E-state index contributed by atoms with van der Waals surface area (Å²) in [5.41, 5.74) is 7.00. The number of rotatable bonds is 1. The van der Waals surface area contributed by atoms with Crippen LogP contribution in [-0.4, -0.2) is 44.2 Å². The van der Waals surface area contributed by atoms with Crippen LogP contribution in [0, 0.1) is 17.7 Å². The van der Waals surface area contributed by atoms with Gasteiger partial charge in [0.15, 0.2) is 0 Å². The fraction of sp³-hybridized carbons (Fsp3) is 0.571. The molecule has 3 nitrogen and oxygen atoms in total. The molecule has 0 spiro atoms. The maximum Gasteiger partial charge on any atom is 0.146 e. The maximum absolute atomic E-state index is 13.8. The third-order valence-electron chi connectivity index (χ3n) is 4.28. The van der Waals surface area contributed by atoms with E-state index in [9.17, 15) is 4.39 Å². The number of fused-ring (bicyclic) bond motifs is 2. The lowest BCUT2D eigenvalue weighted by Crippen LogP contribution is -2.62. The Balaban J connectivity index is 1.84. The van der Waals surface area contributed by atoms with Crippen molar-refractivity contribution in [3.63, 3.8) is 0 Å². The van der Waals surface area contributed by atoms with E-state index in [2.05, 4.69) is 16.8 Å². The number of nitrogens with zero attached hydrogens (tertiary/aromatic N) is 2. The second kappa shape index (κ2) is 4.52. The molecule has 98 valence electrons. The van der Waals surface area contributed by atoms with Crippen molar-refractivity contribution in [3.8, 4) is 0 Å². The van der Waals surface area contributed by atoms with Crippen LogP contribution in [0.3, 0.4) is 0 Å². The molecule has 0 saturated carbocycles. The Morgan fingerprint density at radius 1 is 1.11 bits per heavy atom. The van der Waals surface area contributed by atoms with Gasteiger partial charge in [-0.3, -0.25) is 0 Å². The van der Waals surface area contributed by atoms with E-state index in [4.69, 9.17) is 5.73 Å². The minimum Gasteiger partial charge on any atom is -0.368 e. The lowest BCUT2D eigenvalue weighted by atomic mass is 9.80. The molecule has 4 heteroatoms. The summed E-state index contributed by atoms with van der Waals surface area (Å²) in [6.07, 6.45) is 0. The molecule has 2 saturated heterocycles. The lowest BCUT2D eigenvalue weighted by molar-refractivity contribution is 0.107. The predicted octanol–water partition coefficient (Wildman–Crippen LogP) is 1.15. The van der Waals surface area contributed by atoms with Gasteiger partial charge in [-0.2, -0.15) is 0 Å². The van der Waals surface area contributed by atoms with E-state index in [1.165, 1.54) is 6.07 Å². The number of benzene rings is 1. The minimum atomic E-state index is -0.126. The Labute approximate surface area is 107 Å². The molecule has 2 aliphatic heterocycles. The van der Waals surface area contributed by atoms with Crippen LogP contribution in [0.25, 0.3) is 0 Å². The Kier molecular flexibility index (Phi) is 2.99. The van der Waals surface area contributed by atoms with Crippen molar-refractivity contribution in [2.24, 2.45) is 17.6 Å². The second-order valence-electron chi connectivity index (χ2n) is 5.68. The molecule has 0 aliphatic carbocycles. The number of para-hydroxylation sites is 1. The topological polar surface area (TPSA) is 32.5 Å². The van der Waals surface area contributed by atoms with E-state index in [1.807, 2.05) is 12.1 Å². The summed E-state index contributed by atoms with van der Waals surface area (Å²) in [6.45, 7) is 3.76. The van der Waals surface area contributed by atoms with Gasteiger partial charge in [0.05, 0.1) is 5.69 Å². The van der Waals surface area contributed by atoms with E-state index in [0.717, 1.165) is 31.9 Å². The largest absolute Gasteiger partial charge is 0.368 e.